The largest absolute Gasteiger partial charge is 0.496 e. The fourth-order valence-corrected chi connectivity index (χ4v) is 2.07. The van der Waals surface area contributed by atoms with Crippen LogP contribution in [0.3, 0.4) is 0 Å². The molecule has 4 nitrogen and oxygen atoms in total. The fraction of sp³-hybridized carbons (Fsp3) is 0.462. The van der Waals surface area contributed by atoms with Gasteiger partial charge in [0.15, 0.2) is 5.17 Å². The van der Waals surface area contributed by atoms with Crippen molar-refractivity contribution in [2.24, 2.45) is 10.7 Å². The van der Waals surface area contributed by atoms with Crippen molar-refractivity contribution in [3.63, 3.8) is 0 Å². The third kappa shape index (κ3) is 7.24. The van der Waals surface area contributed by atoms with E-state index in [1.165, 1.54) is 0 Å². The van der Waals surface area contributed by atoms with E-state index in [0.29, 0.717) is 5.17 Å². The molecule has 0 radical (unpaired) electrons. The first-order valence-electron chi connectivity index (χ1n) is 5.85. The summed E-state index contributed by atoms with van der Waals surface area (Å²) in [6.07, 6.45) is 0. The first-order chi connectivity index (χ1) is 8.56. The first kappa shape index (κ1) is 21.7. The van der Waals surface area contributed by atoms with Gasteiger partial charge in [-0.2, -0.15) is 0 Å². The molecule has 1 aromatic rings. The van der Waals surface area contributed by atoms with Gasteiger partial charge in [-0.25, -0.2) is 4.99 Å². The maximum Gasteiger partial charge on any atom is 0.159 e. The van der Waals surface area contributed by atoms with Gasteiger partial charge in [-0.05, 0) is 38.0 Å². The van der Waals surface area contributed by atoms with Crippen LogP contribution in [0.15, 0.2) is 23.2 Å². The molecule has 0 aliphatic rings. The summed E-state index contributed by atoms with van der Waals surface area (Å²) in [6, 6.07) is 5.87. The molecule has 0 aliphatic heterocycles. The van der Waals surface area contributed by atoms with Gasteiger partial charge in [0.1, 0.15) is 5.75 Å². The van der Waals surface area contributed by atoms with Crippen LogP contribution >= 0.6 is 36.6 Å². The Labute approximate surface area is 138 Å². The molecule has 0 unspecified atom stereocenters. The molecule has 20 heavy (non-hydrogen) atoms. The van der Waals surface area contributed by atoms with Crippen LogP contribution in [0, 0.1) is 0 Å². The maximum absolute atomic E-state index is 5.81. The zero-order valence-corrected chi connectivity index (χ0v) is 14.7. The Morgan fingerprint density at radius 3 is 2.50 bits per heavy atom. The molecular weight excluding hydrogens is 317 g/mol. The van der Waals surface area contributed by atoms with Crippen LogP contribution in [-0.4, -0.2) is 37.0 Å². The topological polar surface area (TPSA) is 50.9 Å². The minimum absolute atomic E-state index is 0. The highest BCUT2D eigenvalue weighted by Gasteiger charge is 2.05. The van der Waals surface area contributed by atoms with E-state index in [2.05, 4.69) is 16.8 Å². The van der Waals surface area contributed by atoms with Gasteiger partial charge in [-0.15, -0.1) is 24.8 Å². The minimum Gasteiger partial charge on any atom is -0.496 e. The number of nitrogens with zero attached hydrogens (tertiary/aromatic N) is 2. The third-order valence-electron chi connectivity index (χ3n) is 2.28. The van der Waals surface area contributed by atoms with Gasteiger partial charge in [0.05, 0.1) is 12.8 Å². The first-order valence-corrected chi connectivity index (χ1v) is 6.84. The van der Waals surface area contributed by atoms with Gasteiger partial charge in [-0.3, -0.25) is 0 Å². The Hall–Kier alpha value is -0.620. The van der Waals surface area contributed by atoms with Crippen LogP contribution < -0.4 is 10.5 Å². The van der Waals surface area contributed by atoms with E-state index in [1.54, 1.807) is 18.9 Å². The molecule has 2 N–H and O–H groups in total. The van der Waals surface area contributed by atoms with Crippen molar-refractivity contribution >= 4 is 47.4 Å². The normalized spacial score (nSPS) is 10.8. The third-order valence-corrected chi connectivity index (χ3v) is 2.96. The number of halogens is 2. The van der Waals surface area contributed by atoms with Crippen molar-refractivity contribution < 1.29 is 4.74 Å². The van der Waals surface area contributed by atoms with Gasteiger partial charge in [0.25, 0.3) is 0 Å². The molecule has 1 rings (SSSR count). The van der Waals surface area contributed by atoms with Crippen molar-refractivity contribution in [3.8, 4) is 5.75 Å². The number of methoxy groups -OCH3 is 1. The maximum atomic E-state index is 5.81. The summed E-state index contributed by atoms with van der Waals surface area (Å²) in [5, 5.41) is 0.596. The summed E-state index contributed by atoms with van der Waals surface area (Å²) in [5.74, 6) is 1.81. The quantitative estimate of drug-likeness (QED) is 0.660. The van der Waals surface area contributed by atoms with Gasteiger partial charge in [-0.1, -0.05) is 18.7 Å². The number of nitrogens with two attached hydrogens (primary N) is 1. The molecule has 0 aromatic heterocycles. The van der Waals surface area contributed by atoms with Gasteiger partial charge >= 0.3 is 0 Å². The van der Waals surface area contributed by atoms with Crippen LogP contribution in [0.1, 0.15) is 12.5 Å². The molecule has 0 spiro atoms. The second-order valence-electron chi connectivity index (χ2n) is 4.12. The highest BCUT2D eigenvalue weighted by Crippen LogP contribution is 2.25. The smallest absolute Gasteiger partial charge is 0.159 e. The summed E-state index contributed by atoms with van der Waals surface area (Å²) in [5.41, 5.74) is 7.79. The Kier molecular flexibility index (Phi) is 12.0. The van der Waals surface area contributed by atoms with E-state index in [4.69, 9.17) is 10.5 Å². The number of hydrogen-bond acceptors (Lipinski definition) is 4. The van der Waals surface area contributed by atoms with Gasteiger partial charge in [0.2, 0.25) is 0 Å². The lowest BCUT2D eigenvalue weighted by molar-refractivity contribution is 0.372. The van der Waals surface area contributed by atoms with Crippen LogP contribution in [-0.2, 0) is 6.54 Å². The Morgan fingerprint density at radius 2 is 2.00 bits per heavy atom. The summed E-state index contributed by atoms with van der Waals surface area (Å²) in [6.45, 7) is 2.87. The lowest BCUT2D eigenvalue weighted by Gasteiger charge is -2.14. The minimum atomic E-state index is 0. The molecular formula is C13H23Cl2N3OS. The van der Waals surface area contributed by atoms with Crippen molar-refractivity contribution in [2.75, 3.05) is 27.0 Å². The predicted octanol–water partition coefficient (Wildman–Crippen LogP) is 3.30. The van der Waals surface area contributed by atoms with E-state index in [0.717, 1.165) is 29.3 Å². The number of rotatable bonds is 5. The molecule has 7 heteroatoms. The SMILES string of the molecule is CCSC(N)=Nc1ccc(OC)c(CN(C)C)c1.Cl.Cl. The van der Waals surface area contributed by atoms with E-state index < -0.39 is 0 Å². The number of hydrogen-bond donors (Lipinski definition) is 1. The molecule has 1 aromatic carbocycles. The van der Waals surface area contributed by atoms with E-state index >= 15 is 0 Å². The standard InChI is InChI=1S/C13H21N3OS.2ClH/c1-5-18-13(14)15-11-6-7-12(17-4)10(8-11)9-16(2)3;;/h6-8H,5,9H2,1-4H3,(H2,14,15);2*1H. The molecule has 116 valence electrons. The summed E-state index contributed by atoms with van der Waals surface area (Å²) in [4.78, 5) is 6.47. The van der Waals surface area contributed by atoms with Crippen molar-refractivity contribution in [1.29, 1.82) is 0 Å². The Bertz CT molecular complexity index is 428. The molecule has 0 saturated carbocycles. The van der Waals surface area contributed by atoms with Gasteiger partial charge in [0, 0.05) is 12.1 Å². The summed E-state index contributed by atoms with van der Waals surface area (Å²) >= 11 is 1.54. The summed E-state index contributed by atoms with van der Waals surface area (Å²) < 4.78 is 5.34. The monoisotopic (exact) mass is 339 g/mol. The lowest BCUT2D eigenvalue weighted by atomic mass is 10.1. The van der Waals surface area contributed by atoms with Crippen molar-refractivity contribution in [1.82, 2.24) is 4.90 Å². The molecule has 0 fully saturated rings. The number of benzene rings is 1. The van der Waals surface area contributed by atoms with Crippen molar-refractivity contribution in [2.45, 2.75) is 13.5 Å². The van der Waals surface area contributed by atoms with Crippen LogP contribution in [0.4, 0.5) is 5.69 Å². The van der Waals surface area contributed by atoms with E-state index in [-0.39, 0.29) is 24.8 Å². The summed E-state index contributed by atoms with van der Waals surface area (Å²) in [7, 11) is 5.73. The van der Waals surface area contributed by atoms with Crippen LogP contribution in [0.2, 0.25) is 0 Å². The molecule has 0 heterocycles. The number of thioether (sulfide) groups is 1. The number of aliphatic imine (C=N–C) groups is 1. The van der Waals surface area contributed by atoms with E-state index in [1.807, 2.05) is 32.3 Å². The second kappa shape index (κ2) is 11.1. The van der Waals surface area contributed by atoms with Crippen molar-refractivity contribution in [3.05, 3.63) is 23.8 Å². The molecule has 0 amide bonds. The molecule has 0 bridgehead atoms. The van der Waals surface area contributed by atoms with Crippen LogP contribution in [0.25, 0.3) is 0 Å². The fourth-order valence-electron chi connectivity index (χ4n) is 1.61. The highest BCUT2D eigenvalue weighted by atomic mass is 35.5. The second-order valence-corrected chi connectivity index (χ2v) is 5.40. The van der Waals surface area contributed by atoms with Crippen LogP contribution in [0.5, 0.6) is 5.75 Å². The average Bonchev–Trinajstić information content (AvgIpc) is 2.28. The molecule has 0 saturated heterocycles. The Morgan fingerprint density at radius 1 is 1.35 bits per heavy atom. The predicted molar refractivity (Wildman–Crippen MR) is 94.3 cm³/mol. The molecule has 0 aliphatic carbocycles. The average molecular weight is 340 g/mol. The zero-order chi connectivity index (χ0) is 13.5. The Balaban J connectivity index is 0. The number of ether oxygens (including phenoxy) is 1. The van der Waals surface area contributed by atoms with E-state index in [9.17, 15) is 0 Å². The number of amidine groups is 1. The highest BCUT2D eigenvalue weighted by molar-refractivity contribution is 8.13. The zero-order valence-electron chi connectivity index (χ0n) is 12.3. The molecule has 0 atom stereocenters. The van der Waals surface area contributed by atoms with Gasteiger partial charge < -0.3 is 15.4 Å². The lowest BCUT2D eigenvalue weighted by Crippen LogP contribution is -2.11.